The molecule has 0 aliphatic heterocycles. The van der Waals surface area contributed by atoms with Crippen molar-refractivity contribution in [1.82, 2.24) is 15.8 Å². The fourth-order valence-electron chi connectivity index (χ4n) is 1.14. The number of carbonyl (C=O) groups is 2. The first-order chi connectivity index (χ1) is 9.19. The molecule has 0 saturated carbocycles. The molecule has 2 amide bonds. The van der Waals surface area contributed by atoms with Crippen molar-refractivity contribution in [2.45, 2.75) is 26.4 Å². The zero-order chi connectivity index (χ0) is 15.3. The predicted octanol–water partition coefficient (Wildman–Crippen LogP) is 1.16. The topological polar surface area (TPSA) is 123 Å². The van der Waals surface area contributed by atoms with Crippen molar-refractivity contribution in [3.05, 3.63) is 34.0 Å². The van der Waals surface area contributed by atoms with Gasteiger partial charge < -0.3 is 14.9 Å². The maximum Gasteiger partial charge on any atom is 0.426 e. The number of hydrazine groups is 1. The molecule has 0 fully saturated rings. The highest BCUT2D eigenvalue weighted by Crippen LogP contribution is 2.09. The second-order valence-corrected chi connectivity index (χ2v) is 4.74. The Morgan fingerprint density at radius 2 is 2.00 bits per heavy atom. The van der Waals surface area contributed by atoms with E-state index in [2.05, 4.69) is 10.4 Å². The van der Waals surface area contributed by atoms with Gasteiger partial charge in [0.25, 0.3) is 5.91 Å². The van der Waals surface area contributed by atoms with Crippen molar-refractivity contribution in [1.29, 1.82) is 0 Å². The van der Waals surface area contributed by atoms with Crippen LogP contribution in [0.1, 0.15) is 31.1 Å². The average Bonchev–Trinajstić information content (AvgIpc) is 2.34. The molecular weight excluding hydrogens is 268 g/mol. The molecule has 1 heterocycles. The Labute approximate surface area is 114 Å². The van der Waals surface area contributed by atoms with E-state index in [9.17, 15) is 19.7 Å². The van der Waals surface area contributed by atoms with Gasteiger partial charge in [0.15, 0.2) is 0 Å². The summed E-state index contributed by atoms with van der Waals surface area (Å²) in [6.45, 7) is 5.00. The summed E-state index contributed by atoms with van der Waals surface area (Å²) in [5, 5.41) is 10.5. The molecule has 1 aromatic rings. The van der Waals surface area contributed by atoms with Crippen molar-refractivity contribution < 1.29 is 19.2 Å². The zero-order valence-electron chi connectivity index (χ0n) is 11.2. The molecule has 1 aromatic heterocycles. The van der Waals surface area contributed by atoms with Crippen LogP contribution < -0.4 is 10.9 Å². The van der Waals surface area contributed by atoms with Gasteiger partial charge in [-0.25, -0.2) is 10.2 Å². The normalized spacial score (nSPS) is 10.6. The molecule has 20 heavy (non-hydrogen) atoms. The molecule has 0 unspecified atom stereocenters. The number of hydrogen-bond acceptors (Lipinski definition) is 6. The van der Waals surface area contributed by atoms with Crippen LogP contribution in [0.5, 0.6) is 0 Å². The van der Waals surface area contributed by atoms with Crippen LogP contribution in [-0.4, -0.2) is 27.5 Å². The Morgan fingerprint density at radius 3 is 2.55 bits per heavy atom. The number of nitro groups is 1. The van der Waals surface area contributed by atoms with Gasteiger partial charge in [0, 0.05) is 6.07 Å². The van der Waals surface area contributed by atoms with Crippen LogP contribution in [0.15, 0.2) is 18.3 Å². The van der Waals surface area contributed by atoms with E-state index in [-0.39, 0.29) is 5.56 Å². The lowest BCUT2D eigenvalue weighted by Crippen LogP contribution is -2.44. The van der Waals surface area contributed by atoms with Crippen molar-refractivity contribution in [3.8, 4) is 0 Å². The van der Waals surface area contributed by atoms with E-state index in [0.29, 0.717) is 0 Å². The Kier molecular flexibility index (Phi) is 4.57. The number of nitrogens with one attached hydrogen (secondary N) is 2. The summed E-state index contributed by atoms with van der Waals surface area (Å²) in [6.07, 6.45) is 0.287. The predicted molar refractivity (Wildman–Crippen MR) is 67.7 cm³/mol. The summed E-state index contributed by atoms with van der Waals surface area (Å²) in [5.74, 6) is -1.18. The molecule has 9 heteroatoms. The highest BCUT2D eigenvalue weighted by atomic mass is 16.6. The smallest absolute Gasteiger partial charge is 0.426 e. The van der Waals surface area contributed by atoms with Crippen LogP contribution in [0.3, 0.4) is 0 Å². The maximum absolute atomic E-state index is 11.7. The van der Waals surface area contributed by atoms with E-state index >= 15 is 0 Å². The van der Waals surface area contributed by atoms with Crippen LogP contribution in [0.25, 0.3) is 0 Å². The third-order valence-electron chi connectivity index (χ3n) is 1.87. The minimum absolute atomic E-state index is 0.0113. The van der Waals surface area contributed by atoms with Gasteiger partial charge in [-0.05, 0) is 36.7 Å². The minimum atomic E-state index is -0.839. The molecule has 0 aliphatic carbocycles. The molecule has 108 valence electrons. The van der Waals surface area contributed by atoms with Gasteiger partial charge in [0.05, 0.1) is 5.56 Å². The second kappa shape index (κ2) is 5.95. The Bertz CT molecular complexity index is 538. The quantitative estimate of drug-likeness (QED) is 0.619. The fourth-order valence-corrected chi connectivity index (χ4v) is 1.14. The Hall–Kier alpha value is -2.71. The molecule has 0 atom stereocenters. The van der Waals surface area contributed by atoms with Crippen LogP contribution in [-0.2, 0) is 4.74 Å². The first-order valence-electron chi connectivity index (χ1n) is 5.59. The zero-order valence-corrected chi connectivity index (χ0v) is 11.2. The average molecular weight is 282 g/mol. The summed E-state index contributed by atoms with van der Waals surface area (Å²) in [7, 11) is 0. The van der Waals surface area contributed by atoms with E-state index in [1.165, 1.54) is 6.07 Å². The summed E-state index contributed by atoms with van der Waals surface area (Å²) >= 11 is 0. The third-order valence-corrected chi connectivity index (χ3v) is 1.87. The van der Waals surface area contributed by atoms with Crippen molar-refractivity contribution in [3.63, 3.8) is 0 Å². The minimum Gasteiger partial charge on any atom is -0.443 e. The Morgan fingerprint density at radius 1 is 1.35 bits per heavy atom. The second-order valence-electron chi connectivity index (χ2n) is 4.74. The van der Waals surface area contributed by atoms with Gasteiger partial charge in [-0.1, -0.05) is 0 Å². The van der Waals surface area contributed by atoms with E-state index in [1.54, 1.807) is 20.8 Å². The highest BCUT2D eigenvalue weighted by molar-refractivity contribution is 5.95. The van der Waals surface area contributed by atoms with Crippen LogP contribution in [0.4, 0.5) is 10.6 Å². The number of aromatic nitrogens is 1. The number of nitrogens with zero attached hydrogens (tertiary/aromatic N) is 2. The molecule has 1 rings (SSSR count). The van der Waals surface area contributed by atoms with E-state index in [1.807, 2.05) is 5.43 Å². The lowest BCUT2D eigenvalue weighted by atomic mass is 10.2. The molecule has 0 saturated heterocycles. The lowest BCUT2D eigenvalue weighted by molar-refractivity contribution is -0.389. The van der Waals surface area contributed by atoms with Crippen LogP contribution >= 0.6 is 0 Å². The molecule has 0 radical (unpaired) electrons. The number of ether oxygens (including phenoxy) is 1. The summed E-state index contributed by atoms with van der Waals surface area (Å²) in [6, 6.07) is 2.27. The van der Waals surface area contributed by atoms with Crippen molar-refractivity contribution in [2.75, 3.05) is 0 Å². The third kappa shape index (κ3) is 4.88. The van der Waals surface area contributed by atoms with Crippen molar-refractivity contribution in [2.24, 2.45) is 0 Å². The van der Waals surface area contributed by atoms with Gasteiger partial charge in [0.1, 0.15) is 11.8 Å². The number of carbonyl (C=O) groups excluding carboxylic acids is 2. The maximum atomic E-state index is 11.7. The molecule has 0 aliphatic rings. The van der Waals surface area contributed by atoms with E-state index in [4.69, 9.17) is 4.74 Å². The molecule has 2 N–H and O–H groups in total. The first kappa shape index (κ1) is 15.3. The molecule has 9 nitrogen and oxygen atoms in total. The lowest BCUT2D eigenvalue weighted by Gasteiger charge is -2.19. The number of pyridine rings is 1. The molecule has 0 aromatic carbocycles. The Balaban J connectivity index is 2.61. The van der Waals surface area contributed by atoms with E-state index < -0.39 is 28.3 Å². The van der Waals surface area contributed by atoms with Crippen LogP contribution in [0.2, 0.25) is 0 Å². The summed E-state index contributed by atoms with van der Waals surface area (Å²) < 4.78 is 4.90. The fraction of sp³-hybridized carbons (Fsp3) is 0.364. The molecule has 0 spiro atoms. The van der Waals surface area contributed by atoms with Crippen molar-refractivity contribution >= 4 is 17.8 Å². The first-order valence-corrected chi connectivity index (χ1v) is 5.59. The molecule has 0 bridgehead atoms. The van der Waals surface area contributed by atoms with Gasteiger partial charge in [-0.2, -0.15) is 0 Å². The highest BCUT2D eigenvalue weighted by Gasteiger charge is 2.17. The number of rotatable bonds is 2. The van der Waals surface area contributed by atoms with Gasteiger partial charge in [-0.3, -0.25) is 10.2 Å². The largest absolute Gasteiger partial charge is 0.443 e. The van der Waals surface area contributed by atoms with Gasteiger partial charge in [-0.15, -0.1) is 0 Å². The van der Waals surface area contributed by atoms with Gasteiger partial charge in [0.2, 0.25) is 0 Å². The number of amides is 2. The monoisotopic (exact) mass is 282 g/mol. The van der Waals surface area contributed by atoms with E-state index in [0.717, 1.165) is 12.3 Å². The summed E-state index contributed by atoms with van der Waals surface area (Å²) in [5.41, 5.74) is 3.39. The molecular formula is C11H14N4O5. The van der Waals surface area contributed by atoms with Gasteiger partial charge >= 0.3 is 11.9 Å². The van der Waals surface area contributed by atoms with Crippen LogP contribution in [0, 0.1) is 10.1 Å². The number of hydrogen-bond donors (Lipinski definition) is 2. The standard InChI is InChI=1S/C11H14N4O5/c1-11(2,3)20-10(17)14-13-9(16)7-4-5-12-8(6-7)15(18)19/h4-6H,1-3H3,(H,13,16)(H,14,17). The SMILES string of the molecule is CC(C)(C)OC(=O)NNC(=O)c1ccnc([N+](=O)[O-])c1. The summed E-state index contributed by atoms with van der Waals surface area (Å²) in [4.78, 5) is 36.2.